The number of ether oxygens (including phenoxy) is 3. The molecule has 0 atom stereocenters. The molecule has 0 radical (unpaired) electrons. The number of imidazole rings is 2. The van der Waals surface area contributed by atoms with Crippen LogP contribution in [0.15, 0.2) is 41.5 Å². The number of nitro groups is 1. The largest absolute Gasteiger partial charge is 0.497 e. The maximum atomic E-state index is 13.6. The number of hydrogen-bond acceptors (Lipinski definition) is 9. The number of anilines is 2. The first-order valence-corrected chi connectivity index (χ1v) is 12.6. The van der Waals surface area contributed by atoms with E-state index in [9.17, 15) is 19.7 Å². The van der Waals surface area contributed by atoms with Gasteiger partial charge in [-0.05, 0) is 48.5 Å². The quantitative estimate of drug-likeness (QED) is 0.248. The van der Waals surface area contributed by atoms with Crippen LogP contribution in [0, 0.1) is 17.0 Å². The summed E-state index contributed by atoms with van der Waals surface area (Å²) in [6.45, 7) is 2.67. The van der Waals surface area contributed by atoms with E-state index in [0.717, 1.165) is 0 Å². The summed E-state index contributed by atoms with van der Waals surface area (Å²) in [6.07, 6.45) is 3.47. The van der Waals surface area contributed by atoms with Crippen LogP contribution in [0.3, 0.4) is 0 Å². The Balaban J connectivity index is 1.57. The molecule has 5 rings (SSSR count). The monoisotopic (exact) mass is 551 g/mol. The van der Waals surface area contributed by atoms with Gasteiger partial charge in [0.25, 0.3) is 0 Å². The molecule has 40 heavy (non-hydrogen) atoms. The molecule has 1 aliphatic heterocycles. The third-order valence-electron chi connectivity index (χ3n) is 7.14. The number of aryl methyl sites for hydroxylation is 2. The molecule has 1 saturated heterocycles. The van der Waals surface area contributed by atoms with Crippen LogP contribution >= 0.6 is 0 Å². The Kier molecular flexibility index (Phi) is 7.26. The van der Waals surface area contributed by atoms with Gasteiger partial charge in [0.1, 0.15) is 17.8 Å². The van der Waals surface area contributed by atoms with Crippen LogP contribution in [0.2, 0.25) is 0 Å². The summed E-state index contributed by atoms with van der Waals surface area (Å²) in [5.41, 5.74) is 2.63. The topological polar surface area (TPSA) is 149 Å². The van der Waals surface area contributed by atoms with Gasteiger partial charge in [-0.1, -0.05) is 4.98 Å². The van der Waals surface area contributed by atoms with Crippen LogP contribution in [0.25, 0.3) is 11.0 Å². The zero-order valence-corrected chi connectivity index (χ0v) is 22.6. The van der Waals surface area contributed by atoms with Crippen molar-refractivity contribution in [3.8, 4) is 5.75 Å². The van der Waals surface area contributed by atoms with Crippen molar-refractivity contribution in [2.45, 2.75) is 32.4 Å². The summed E-state index contributed by atoms with van der Waals surface area (Å²) in [5.74, 6) is 0.487. The fourth-order valence-electron chi connectivity index (χ4n) is 4.92. The number of carbonyl (C=O) groups excluding carboxylic acids is 1. The van der Waals surface area contributed by atoms with E-state index in [-0.39, 0.29) is 30.1 Å². The Morgan fingerprint density at radius 3 is 2.55 bits per heavy atom. The second-order valence-electron chi connectivity index (χ2n) is 9.49. The lowest BCUT2D eigenvalue weighted by molar-refractivity contribution is -0.396. The van der Waals surface area contributed by atoms with Gasteiger partial charge in [0.05, 0.1) is 37.1 Å². The molecule has 1 fully saturated rings. The molecule has 1 aliphatic rings. The number of benzene rings is 1. The number of aromatic nitrogens is 5. The van der Waals surface area contributed by atoms with E-state index in [1.807, 2.05) is 6.92 Å². The van der Waals surface area contributed by atoms with Crippen LogP contribution in [0.5, 0.6) is 5.75 Å². The van der Waals surface area contributed by atoms with Crippen LogP contribution in [-0.4, -0.2) is 55.0 Å². The minimum Gasteiger partial charge on any atom is -0.497 e. The number of nitrogens with zero attached hydrogens (tertiary/aromatic N) is 7. The van der Waals surface area contributed by atoms with Gasteiger partial charge in [0, 0.05) is 32.4 Å². The van der Waals surface area contributed by atoms with Gasteiger partial charge < -0.3 is 24.3 Å². The van der Waals surface area contributed by atoms with Crippen molar-refractivity contribution < 1.29 is 23.9 Å². The Hall–Kier alpha value is -4.72. The molecule has 3 aromatic heterocycles. The van der Waals surface area contributed by atoms with Crippen LogP contribution in [0.4, 0.5) is 22.2 Å². The second-order valence-corrected chi connectivity index (χ2v) is 9.49. The first kappa shape index (κ1) is 26.9. The summed E-state index contributed by atoms with van der Waals surface area (Å²) in [6, 6.07) is 6.85. The zero-order chi connectivity index (χ0) is 28.6. The Bertz CT molecular complexity index is 1650. The van der Waals surface area contributed by atoms with Crippen LogP contribution in [-0.2, 0) is 30.2 Å². The lowest BCUT2D eigenvalue weighted by Crippen LogP contribution is -2.30. The highest BCUT2D eigenvalue weighted by Gasteiger charge is 2.28. The van der Waals surface area contributed by atoms with E-state index in [1.54, 1.807) is 49.2 Å². The first-order chi connectivity index (χ1) is 19.2. The molecule has 14 nitrogen and oxygen atoms in total. The molecule has 1 aromatic carbocycles. The fourth-order valence-corrected chi connectivity index (χ4v) is 4.92. The molecule has 4 aromatic rings. The van der Waals surface area contributed by atoms with Crippen molar-refractivity contribution >= 4 is 34.6 Å². The highest BCUT2D eigenvalue weighted by molar-refractivity contribution is 5.97. The molecule has 14 heteroatoms. The van der Waals surface area contributed by atoms with Crippen molar-refractivity contribution in [1.82, 2.24) is 23.7 Å². The van der Waals surface area contributed by atoms with E-state index < -0.39 is 11.0 Å². The zero-order valence-electron chi connectivity index (χ0n) is 22.6. The Labute approximate surface area is 228 Å². The van der Waals surface area contributed by atoms with Crippen molar-refractivity contribution in [2.24, 2.45) is 14.1 Å². The maximum Gasteiger partial charge on any atom is 0.434 e. The van der Waals surface area contributed by atoms with Crippen molar-refractivity contribution in [3.05, 3.63) is 68.5 Å². The highest BCUT2D eigenvalue weighted by atomic mass is 16.6. The number of carbonyl (C=O) groups is 1. The van der Waals surface area contributed by atoms with Gasteiger partial charge in [-0.15, -0.1) is 0 Å². The molecule has 210 valence electrons. The maximum absolute atomic E-state index is 13.6. The average Bonchev–Trinajstić information content (AvgIpc) is 3.44. The molecular formula is C26H29N7O7. The molecule has 0 N–H and O–H groups in total. The second kappa shape index (κ2) is 10.8. The van der Waals surface area contributed by atoms with Gasteiger partial charge in [0.2, 0.25) is 0 Å². The van der Waals surface area contributed by atoms with E-state index in [0.29, 0.717) is 59.8 Å². The van der Waals surface area contributed by atoms with Gasteiger partial charge in [-0.3, -0.25) is 9.13 Å². The molecule has 0 aliphatic carbocycles. The van der Waals surface area contributed by atoms with Gasteiger partial charge in [-0.2, -0.15) is 0 Å². The molecule has 0 bridgehead atoms. The predicted octanol–water partition coefficient (Wildman–Crippen LogP) is 3.52. The summed E-state index contributed by atoms with van der Waals surface area (Å²) < 4.78 is 21.0. The minimum absolute atomic E-state index is 0.0519. The molecule has 0 saturated carbocycles. The lowest BCUT2D eigenvalue weighted by atomic mass is 10.1. The SMILES string of the molecule is COc1ccc(N(C(=O)OCc2cnc([N+](=O)[O-])n2C)c2cc3c(cn2)n(C)c(=O)n3C2CCOCC2)c(C)c1. The first-order valence-electron chi connectivity index (χ1n) is 12.6. The Morgan fingerprint density at radius 2 is 1.90 bits per heavy atom. The number of methoxy groups -OCH3 is 1. The smallest absolute Gasteiger partial charge is 0.434 e. The van der Waals surface area contributed by atoms with Gasteiger partial charge >= 0.3 is 17.7 Å². The number of amides is 1. The summed E-state index contributed by atoms with van der Waals surface area (Å²) in [7, 11) is 4.71. The van der Waals surface area contributed by atoms with Gasteiger partial charge in [-0.25, -0.2) is 24.0 Å². The van der Waals surface area contributed by atoms with Crippen molar-refractivity contribution in [3.63, 3.8) is 0 Å². The highest BCUT2D eigenvalue weighted by Crippen LogP contribution is 2.33. The standard InChI is InChI=1S/C26H29N7O7/c1-16-11-19(38-4)5-6-20(16)32(26(35)40-15-18-13-28-24(29(18)2)33(36)37)23-12-21-22(14-27-23)30(3)25(34)31(21)17-7-9-39-10-8-17/h5-6,11-14,17H,7-10,15H2,1-4H3. The molecule has 1 amide bonds. The molecule has 0 spiro atoms. The minimum atomic E-state index is -0.764. The number of pyridine rings is 1. The summed E-state index contributed by atoms with van der Waals surface area (Å²) in [5, 5.41) is 11.2. The summed E-state index contributed by atoms with van der Waals surface area (Å²) >= 11 is 0. The van der Waals surface area contributed by atoms with Crippen molar-refractivity contribution in [2.75, 3.05) is 25.2 Å². The fraction of sp³-hybridized carbons (Fsp3) is 0.385. The molecule has 0 unspecified atom stereocenters. The van der Waals surface area contributed by atoms with Crippen LogP contribution in [0.1, 0.15) is 30.1 Å². The lowest BCUT2D eigenvalue weighted by Gasteiger charge is -2.25. The van der Waals surface area contributed by atoms with E-state index >= 15 is 0 Å². The van der Waals surface area contributed by atoms with Crippen molar-refractivity contribution in [1.29, 1.82) is 0 Å². The third kappa shape index (κ3) is 4.77. The molecular weight excluding hydrogens is 522 g/mol. The summed E-state index contributed by atoms with van der Waals surface area (Å²) in [4.78, 5) is 47.0. The molecule has 4 heterocycles. The number of rotatable bonds is 7. The van der Waals surface area contributed by atoms with E-state index in [1.165, 1.54) is 27.3 Å². The average molecular weight is 552 g/mol. The Morgan fingerprint density at radius 1 is 1.15 bits per heavy atom. The predicted molar refractivity (Wildman–Crippen MR) is 144 cm³/mol. The van der Waals surface area contributed by atoms with E-state index in [2.05, 4.69) is 9.97 Å². The van der Waals surface area contributed by atoms with Crippen LogP contribution < -0.4 is 15.3 Å². The number of hydrogen-bond donors (Lipinski definition) is 0. The normalized spacial score (nSPS) is 13.9. The van der Waals surface area contributed by atoms with E-state index in [4.69, 9.17) is 14.2 Å². The van der Waals surface area contributed by atoms with Gasteiger partial charge in [0.15, 0.2) is 12.3 Å². The third-order valence-corrected chi connectivity index (χ3v) is 7.14. The number of fused-ring (bicyclic) bond motifs is 1.